The summed E-state index contributed by atoms with van der Waals surface area (Å²) in [6, 6.07) is 7.66. The lowest BCUT2D eigenvalue weighted by Gasteiger charge is -2.17. The van der Waals surface area contributed by atoms with E-state index in [0.29, 0.717) is 29.7 Å². The number of anilines is 2. The molecular formula is C16H19N5O2. The van der Waals surface area contributed by atoms with E-state index in [0.717, 1.165) is 21.3 Å². The van der Waals surface area contributed by atoms with Crippen molar-refractivity contribution in [3.8, 4) is 0 Å². The number of nitrogen functional groups attached to an aromatic ring is 1. The number of amides is 1. The normalized spacial score (nSPS) is 11.5. The monoisotopic (exact) mass is 313 g/mol. The third-order valence-electron chi connectivity index (χ3n) is 3.72. The Labute approximate surface area is 133 Å². The van der Waals surface area contributed by atoms with Crippen LogP contribution in [0.3, 0.4) is 0 Å². The predicted molar refractivity (Wildman–Crippen MR) is 90.7 cm³/mol. The molecule has 0 aliphatic heterocycles. The van der Waals surface area contributed by atoms with E-state index in [4.69, 9.17) is 5.73 Å². The average molecular weight is 313 g/mol. The quantitative estimate of drug-likeness (QED) is 0.775. The van der Waals surface area contributed by atoms with E-state index in [9.17, 15) is 9.90 Å². The third kappa shape index (κ3) is 2.44. The van der Waals surface area contributed by atoms with Gasteiger partial charge in [0.05, 0.1) is 11.0 Å². The van der Waals surface area contributed by atoms with Gasteiger partial charge in [0.15, 0.2) is 5.82 Å². The fraction of sp³-hybridized carbons (Fsp3) is 0.312. The number of nitrogens with two attached hydrogens (primary N) is 1. The topological polar surface area (TPSA) is 97.3 Å². The van der Waals surface area contributed by atoms with E-state index in [1.807, 2.05) is 28.8 Å². The van der Waals surface area contributed by atoms with Crippen LogP contribution in [-0.2, 0) is 6.54 Å². The van der Waals surface area contributed by atoms with Gasteiger partial charge >= 0.3 is 6.09 Å². The van der Waals surface area contributed by atoms with Crippen molar-refractivity contribution in [1.29, 1.82) is 0 Å². The second-order valence-electron chi connectivity index (χ2n) is 5.97. The highest BCUT2D eigenvalue weighted by Crippen LogP contribution is 2.32. The van der Waals surface area contributed by atoms with Crippen molar-refractivity contribution in [2.75, 3.05) is 17.7 Å². The average Bonchev–Trinajstić information content (AvgIpc) is 2.86. The molecule has 23 heavy (non-hydrogen) atoms. The number of imidazole rings is 1. The maximum Gasteiger partial charge on any atom is 0.413 e. The van der Waals surface area contributed by atoms with Crippen LogP contribution in [0.15, 0.2) is 24.3 Å². The first kappa shape index (κ1) is 15.1. The Morgan fingerprint density at radius 3 is 2.70 bits per heavy atom. The van der Waals surface area contributed by atoms with E-state index >= 15 is 0 Å². The molecule has 3 N–H and O–H groups in total. The Morgan fingerprint density at radius 1 is 1.35 bits per heavy atom. The molecule has 0 aliphatic carbocycles. The second-order valence-corrected chi connectivity index (χ2v) is 5.97. The van der Waals surface area contributed by atoms with Gasteiger partial charge < -0.3 is 15.4 Å². The van der Waals surface area contributed by atoms with Gasteiger partial charge in [0, 0.05) is 19.0 Å². The molecule has 2 heterocycles. The summed E-state index contributed by atoms with van der Waals surface area (Å²) in [7, 11) is 1.48. The molecule has 7 nitrogen and oxygen atoms in total. The Kier molecular flexibility index (Phi) is 3.55. The third-order valence-corrected chi connectivity index (χ3v) is 3.72. The largest absolute Gasteiger partial charge is 0.465 e. The minimum atomic E-state index is -1.07. The predicted octanol–water partition coefficient (Wildman–Crippen LogP) is 2.94. The molecule has 1 aromatic carbocycles. The number of aromatic nitrogens is 3. The first-order chi connectivity index (χ1) is 10.9. The van der Waals surface area contributed by atoms with Crippen LogP contribution in [-0.4, -0.2) is 32.8 Å². The summed E-state index contributed by atoms with van der Waals surface area (Å²) in [5, 5.41) is 10.2. The lowest BCUT2D eigenvalue weighted by atomic mass is 10.1. The number of carboxylic acid groups (broad SMARTS) is 1. The van der Waals surface area contributed by atoms with Gasteiger partial charge in [-0.2, -0.15) is 0 Å². The van der Waals surface area contributed by atoms with Crippen LogP contribution in [0.25, 0.3) is 21.9 Å². The number of benzene rings is 1. The van der Waals surface area contributed by atoms with E-state index in [2.05, 4.69) is 23.8 Å². The fourth-order valence-electron chi connectivity index (χ4n) is 2.73. The summed E-state index contributed by atoms with van der Waals surface area (Å²) in [6.07, 6.45) is -1.07. The molecule has 0 atom stereocenters. The molecule has 0 aliphatic rings. The van der Waals surface area contributed by atoms with Gasteiger partial charge in [0.25, 0.3) is 0 Å². The molecule has 0 saturated heterocycles. The smallest absolute Gasteiger partial charge is 0.413 e. The SMILES string of the molecule is CC(C)Cn1c(N(C)C(=O)O)nc2c(N)nc3ccccc3c21. The van der Waals surface area contributed by atoms with Gasteiger partial charge in [-0.1, -0.05) is 32.0 Å². The number of para-hydroxylation sites is 1. The number of fused-ring (bicyclic) bond motifs is 3. The summed E-state index contributed by atoms with van der Waals surface area (Å²) < 4.78 is 1.91. The van der Waals surface area contributed by atoms with Crippen LogP contribution >= 0.6 is 0 Å². The highest BCUT2D eigenvalue weighted by atomic mass is 16.4. The van der Waals surface area contributed by atoms with Gasteiger partial charge in [0.2, 0.25) is 5.95 Å². The van der Waals surface area contributed by atoms with E-state index in [1.54, 1.807) is 0 Å². The van der Waals surface area contributed by atoms with Crippen LogP contribution in [0.5, 0.6) is 0 Å². The van der Waals surface area contributed by atoms with Crippen molar-refractivity contribution in [2.45, 2.75) is 20.4 Å². The Bertz CT molecular complexity index is 900. The number of carbonyl (C=O) groups is 1. The summed E-state index contributed by atoms with van der Waals surface area (Å²) in [5.41, 5.74) is 8.19. The van der Waals surface area contributed by atoms with E-state index in [-0.39, 0.29) is 0 Å². The number of hydrogen-bond acceptors (Lipinski definition) is 4. The molecule has 120 valence electrons. The standard InChI is InChI=1S/C16H19N5O2/c1-9(2)8-21-13-10-6-4-5-7-11(10)18-14(17)12(13)19-15(21)20(3)16(22)23/h4-7,9H,8H2,1-3H3,(H2,17,18)(H,22,23). The van der Waals surface area contributed by atoms with Gasteiger partial charge in [-0.3, -0.25) is 4.90 Å². The maximum absolute atomic E-state index is 11.4. The highest BCUT2D eigenvalue weighted by molar-refractivity contribution is 6.07. The van der Waals surface area contributed by atoms with Crippen molar-refractivity contribution in [1.82, 2.24) is 14.5 Å². The zero-order chi connectivity index (χ0) is 16.7. The molecule has 1 amide bonds. The van der Waals surface area contributed by atoms with Crippen molar-refractivity contribution in [3.05, 3.63) is 24.3 Å². The van der Waals surface area contributed by atoms with Crippen LogP contribution in [0, 0.1) is 5.92 Å². The van der Waals surface area contributed by atoms with E-state index < -0.39 is 6.09 Å². The molecule has 3 aromatic rings. The van der Waals surface area contributed by atoms with Crippen LogP contribution < -0.4 is 10.6 Å². The maximum atomic E-state index is 11.4. The second kappa shape index (κ2) is 5.42. The first-order valence-corrected chi connectivity index (χ1v) is 7.41. The molecule has 0 bridgehead atoms. The van der Waals surface area contributed by atoms with Gasteiger partial charge in [-0.15, -0.1) is 0 Å². The van der Waals surface area contributed by atoms with Crippen LogP contribution in [0.1, 0.15) is 13.8 Å². The van der Waals surface area contributed by atoms with E-state index in [1.165, 1.54) is 7.05 Å². The molecular weight excluding hydrogens is 294 g/mol. The van der Waals surface area contributed by atoms with Crippen molar-refractivity contribution < 1.29 is 9.90 Å². The highest BCUT2D eigenvalue weighted by Gasteiger charge is 2.22. The number of rotatable bonds is 3. The molecule has 3 rings (SSSR count). The zero-order valence-electron chi connectivity index (χ0n) is 13.3. The molecule has 7 heteroatoms. The van der Waals surface area contributed by atoms with Crippen LogP contribution in [0.2, 0.25) is 0 Å². The van der Waals surface area contributed by atoms with Crippen molar-refractivity contribution >= 4 is 39.8 Å². The fourth-order valence-corrected chi connectivity index (χ4v) is 2.73. The Balaban J connectivity index is 2.43. The van der Waals surface area contributed by atoms with Gasteiger partial charge in [-0.25, -0.2) is 14.8 Å². The lowest BCUT2D eigenvalue weighted by molar-refractivity contribution is 0.202. The molecule has 0 unspecified atom stereocenters. The number of hydrogen-bond donors (Lipinski definition) is 2. The summed E-state index contributed by atoms with van der Waals surface area (Å²) in [5.74, 6) is 0.980. The summed E-state index contributed by atoms with van der Waals surface area (Å²) >= 11 is 0. The summed E-state index contributed by atoms with van der Waals surface area (Å²) in [4.78, 5) is 21.3. The number of nitrogens with zero attached hydrogens (tertiary/aromatic N) is 4. The molecule has 0 radical (unpaired) electrons. The Morgan fingerprint density at radius 2 is 2.04 bits per heavy atom. The summed E-state index contributed by atoms with van der Waals surface area (Å²) in [6.45, 7) is 4.78. The Hall–Kier alpha value is -2.83. The minimum Gasteiger partial charge on any atom is -0.465 e. The van der Waals surface area contributed by atoms with Crippen LogP contribution in [0.4, 0.5) is 16.6 Å². The molecule has 0 spiro atoms. The molecule has 2 aromatic heterocycles. The lowest BCUT2D eigenvalue weighted by Crippen LogP contribution is -2.27. The van der Waals surface area contributed by atoms with Gasteiger partial charge in [-0.05, 0) is 12.0 Å². The minimum absolute atomic E-state index is 0.307. The first-order valence-electron chi connectivity index (χ1n) is 7.41. The molecule has 0 saturated carbocycles. The van der Waals surface area contributed by atoms with Crippen molar-refractivity contribution in [2.24, 2.45) is 5.92 Å². The zero-order valence-corrected chi connectivity index (χ0v) is 13.3. The number of pyridine rings is 1. The molecule has 0 fully saturated rings. The van der Waals surface area contributed by atoms with Gasteiger partial charge in [0.1, 0.15) is 5.52 Å². The van der Waals surface area contributed by atoms with Crippen molar-refractivity contribution in [3.63, 3.8) is 0 Å².